The van der Waals surface area contributed by atoms with Gasteiger partial charge in [0, 0.05) is 20.3 Å². The van der Waals surface area contributed by atoms with Crippen LogP contribution in [0, 0.1) is 11.3 Å². The fraction of sp³-hybridized carbons (Fsp3) is 0.300. The van der Waals surface area contributed by atoms with Crippen molar-refractivity contribution in [1.29, 1.82) is 5.26 Å². The van der Waals surface area contributed by atoms with Gasteiger partial charge in [-0.15, -0.1) is 11.3 Å². The van der Waals surface area contributed by atoms with Gasteiger partial charge in [0.2, 0.25) is 0 Å². The fourth-order valence-corrected chi connectivity index (χ4v) is 6.47. The number of carbonyl (C=O) groups is 1. The number of aromatic nitrogens is 1. The molecule has 1 aliphatic carbocycles. The molecule has 2 aromatic heterocycles. The molecule has 1 amide bonds. The van der Waals surface area contributed by atoms with Crippen LogP contribution in [-0.4, -0.2) is 10.9 Å². The van der Waals surface area contributed by atoms with E-state index in [-0.39, 0.29) is 5.91 Å². The van der Waals surface area contributed by atoms with Crippen molar-refractivity contribution in [3.05, 3.63) is 80.1 Å². The lowest BCUT2D eigenvalue weighted by Gasteiger charge is -2.11. The van der Waals surface area contributed by atoms with E-state index in [2.05, 4.69) is 58.5 Å². The number of hydrogen-bond donors (Lipinski definition) is 1. The van der Waals surface area contributed by atoms with E-state index < -0.39 is 0 Å². The molecule has 5 rings (SSSR count). The van der Waals surface area contributed by atoms with Crippen molar-refractivity contribution in [1.82, 2.24) is 4.98 Å². The second-order valence-corrected chi connectivity index (χ2v) is 11.4. The number of fused-ring (bicyclic) bond motifs is 2. The first kappa shape index (κ1) is 24.7. The van der Waals surface area contributed by atoms with E-state index >= 15 is 0 Å². The molecule has 0 unspecified atom stereocenters. The smallest absolute Gasteiger partial charge is 0.257 e. The molecule has 2 heterocycles. The summed E-state index contributed by atoms with van der Waals surface area (Å²) in [4.78, 5) is 19.8. The quantitative estimate of drug-likeness (QED) is 0.242. The molecule has 6 heteroatoms. The number of nitriles is 1. The maximum absolute atomic E-state index is 13.7. The fourth-order valence-electron chi connectivity index (χ4n) is 4.88. The highest BCUT2D eigenvalue weighted by Gasteiger charge is 2.22. The van der Waals surface area contributed by atoms with E-state index in [0.717, 1.165) is 64.3 Å². The number of pyridine rings is 1. The normalized spacial score (nSPS) is 13.1. The van der Waals surface area contributed by atoms with Crippen LogP contribution in [0.2, 0.25) is 0 Å². The highest BCUT2D eigenvalue weighted by molar-refractivity contribution is 9.10. The van der Waals surface area contributed by atoms with Crippen LogP contribution >= 0.6 is 27.3 Å². The highest BCUT2D eigenvalue weighted by Crippen LogP contribution is 2.38. The van der Waals surface area contributed by atoms with Gasteiger partial charge in [-0.2, -0.15) is 5.26 Å². The number of anilines is 1. The number of aryl methyl sites for hydroxylation is 2. The van der Waals surface area contributed by atoms with Crippen LogP contribution < -0.4 is 5.32 Å². The lowest BCUT2D eigenvalue weighted by atomic mass is 10.0. The lowest BCUT2D eigenvalue weighted by Crippen LogP contribution is -2.13. The van der Waals surface area contributed by atoms with E-state index in [4.69, 9.17) is 4.98 Å². The number of nitrogens with zero attached hydrogens (tertiary/aromatic N) is 2. The number of unbranched alkanes of at least 4 members (excludes halogenated alkanes) is 1. The molecule has 1 aliphatic rings. The van der Waals surface area contributed by atoms with Gasteiger partial charge in [-0.1, -0.05) is 60.0 Å². The van der Waals surface area contributed by atoms with Crippen LogP contribution in [0.1, 0.15) is 71.0 Å². The summed E-state index contributed by atoms with van der Waals surface area (Å²) in [7, 11) is 0. The van der Waals surface area contributed by atoms with Gasteiger partial charge in [0.15, 0.2) is 0 Å². The molecule has 36 heavy (non-hydrogen) atoms. The van der Waals surface area contributed by atoms with E-state index in [9.17, 15) is 10.1 Å². The molecule has 4 nitrogen and oxygen atoms in total. The molecule has 0 aliphatic heterocycles. The minimum atomic E-state index is -0.214. The topological polar surface area (TPSA) is 65.8 Å². The van der Waals surface area contributed by atoms with Gasteiger partial charge >= 0.3 is 0 Å². The predicted molar refractivity (Wildman–Crippen MR) is 152 cm³/mol. The summed E-state index contributed by atoms with van der Waals surface area (Å²) >= 11 is 5.10. The molecule has 182 valence electrons. The number of carbonyl (C=O) groups excluding carboxylic acids is 1. The molecule has 4 aromatic rings. The molecule has 2 aromatic carbocycles. The zero-order valence-electron chi connectivity index (χ0n) is 20.4. The summed E-state index contributed by atoms with van der Waals surface area (Å²) < 4.78 is 0.888. The Morgan fingerprint density at radius 1 is 1.11 bits per heavy atom. The molecule has 0 fully saturated rings. The molecular weight excluding hydrogens is 530 g/mol. The second kappa shape index (κ2) is 10.9. The number of amides is 1. The molecule has 0 atom stereocenters. The SMILES string of the molecule is CCCCc1ccc(-c2cc(C(=O)Nc3sc4c(c3C#N)CCCCC4)c3cc(Br)ccc3n2)cc1. The van der Waals surface area contributed by atoms with Crippen LogP contribution in [0.15, 0.2) is 53.0 Å². The van der Waals surface area contributed by atoms with Gasteiger partial charge in [-0.3, -0.25) is 4.79 Å². The summed E-state index contributed by atoms with van der Waals surface area (Å²) in [6.45, 7) is 2.20. The van der Waals surface area contributed by atoms with Crippen LogP contribution in [0.25, 0.3) is 22.2 Å². The minimum absolute atomic E-state index is 0.214. The molecule has 0 saturated carbocycles. The first-order valence-corrected chi connectivity index (χ1v) is 14.2. The number of thiophene rings is 1. The van der Waals surface area contributed by atoms with Gasteiger partial charge in [0.1, 0.15) is 11.1 Å². The van der Waals surface area contributed by atoms with Crippen molar-refractivity contribution in [2.75, 3.05) is 5.32 Å². The van der Waals surface area contributed by atoms with Crippen LogP contribution in [0.3, 0.4) is 0 Å². The van der Waals surface area contributed by atoms with Gasteiger partial charge in [-0.05, 0) is 73.9 Å². The van der Waals surface area contributed by atoms with E-state index in [1.165, 1.54) is 29.7 Å². The molecule has 1 N–H and O–H groups in total. The van der Waals surface area contributed by atoms with E-state index in [1.54, 1.807) is 11.3 Å². The Labute approximate surface area is 224 Å². The van der Waals surface area contributed by atoms with Gasteiger partial charge < -0.3 is 5.32 Å². The maximum atomic E-state index is 13.7. The summed E-state index contributed by atoms with van der Waals surface area (Å²) in [5.74, 6) is -0.214. The zero-order chi connectivity index (χ0) is 25.1. The average molecular weight is 559 g/mol. The molecule has 0 spiro atoms. The standard InChI is InChI=1S/C30H28BrN3OS/c1-2-3-7-19-10-12-20(13-11-19)27-17-24(23-16-21(31)14-15-26(23)33-27)29(35)34-30-25(18-32)22-8-5-4-6-9-28(22)36-30/h10-17H,2-9H2,1H3,(H,34,35). The third-order valence-electron chi connectivity index (χ3n) is 6.84. The molecule has 0 bridgehead atoms. The number of nitrogens with one attached hydrogen (secondary N) is 1. The van der Waals surface area contributed by atoms with Gasteiger partial charge in [-0.25, -0.2) is 4.98 Å². The Morgan fingerprint density at radius 3 is 2.69 bits per heavy atom. The lowest BCUT2D eigenvalue weighted by molar-refractivity contribution is 0.102. The minimum Gasteiger partial charge on any atom is -0.312 e. The average Bonchev–Trinajstić information content (AvgIpc) is 3.05. The van der Waals surface area contributed by atoms with Gasteiger partial charge in [0.25, 0.3) is 5.91 Å². The summed E-state index contributed by atoms with van der Waals surface area (Å²) in [6, 6.07) is 18.5. The molecule has 0 saturated heterocycles. The van der Waals surface area contributed by atoms with Crippen molar-refractivity contribution in [2.24, 2.45) is 0 Å². The Kier molecular flexibility index (Phi) is 7.50. The number of hydrogen-bond acceptors (Lipinski definition) is 4. The predicted octanol–water partition coefficient (Wildman–Crippen LogP) is 8.46. The number of halogens is 1. The van der Waals surface area contributed by atoms with Crippen LogP contribution in [0.5, 0.6) is 0 Å². The Bertz CT molecular complexity index is 1470. The largest absolute Gasteiger partial charge is 0.312 e. The van der Waals surface area contributed by atoms with Crippen molar-refractivity contribution in [3.63, 3.8) is 0 Å². The zero-order valence-corrected chi connectivity index (χ0v) is 22.8. The highest BCUT2D eigenvalue weighted by atomic mass is 79.9. The second-order valence-electron chi connectivity index (χ2n) is 9.35. The third-order valence-corrected chi connectivity index (χ3v) is 8.54. The number of benzene rings is 2. The Morgan fingerprint density at radius 2 is 1.92 bits per heavy atom. The molecular formula is C30H28BrN3OS. The first-order valence-electron chi connectivity index (χ1n) is 12.6. The summed E-state index contributed by atoms with van der Waals surface area (Å²) in [5, 5.41) is 14.4. The van der Waals surface area contributed by atoms with Crippen molar-refractivity contribution < 1.29 is 4.79 Å². The monoisotopic (exact) mass is 557 g/mol. The van der Waals surface area contributed by atoms with Crippen LogP contribution in [-0.2, 0) is 19.3 Å². The number of rotatable bonds is 6. The van der Waals surface area contributed by atoms with E-state index in [1.807, 2.05) is 24.3 Å². The Hall–Kier alpha value is -3.01. The molecule has 0 radical (unpaired) electrons. The Balaban J connectivity index is 1.53. The van der Waals surface area contributed by atoms with Crippen LogP contribution in [0.4, 0.5) is 5.00 Å². The third kappa shape index (κ3) is 5.09. The van der Waals surface area contributed by atoms with Gasteiger partial charge in [0.05, 0.1) is 22.3 Å². The van der Waals surface area contributed by atoms with Crippen molar-refractivity contribution in [3.8, 4) is 17.3 Å². The summed E-state index contributed by atoms with van der Waals surface area (Å²) in [6.07, 6.45) is 8.71. The first-order chi connectivity index (χ1) is 17.6. The summed E-state index contributed by atoms with van der Waals surface area (Å²) in [5.41, 5.74) is 6.13. The maximum Gasteiger partial charge on any atom is 0.257 e. The van der Waals surface area contributed by atoms with Crippen molar-refractivity contribution in [2.45, 2.75) is 58.3 Å². The van der Waals surface area contributed by atoms with E-state index in [0.29, 0.717) is 16.1 Å². The van der Waals surface area contributed by atoms with Crippen molar-refractivity contribution >= 4 is 49.1 Å².